The van der Waals surface area contributed by atoms with Crippen molar-refractivity contribution in [1.29, 1.82) is 0 Å². The van der Waals surface area contributed by atoms with Gasteiger partial charge in [0.25, 0.3) is 5.91 Å². The van der Waals surface area contributed by atoms with Crippen LogP contribution >= 0.6 is 0 Å². The van der Waals surface area contributed by atoms with Crippen molar-refractivity contribution in [3.8, 4) is 0 Å². The lowest BCUT2D eigenvalue weighted by atomic mass is 10.0. The molecule has 0 heterocycles. The number of nitrogens with two attached hydrogens (primary N) is 4. The second-order valence-corrected chi connectivity index (χ2v) is 10.5. The van der Waals surface area contributed by atoms with E-state index in [0.717, 1.165) is 5.56 Å². The number of carbonyl (C=O) groups excluding carboxylic acids is 5. The molecule has 1 rings (SSSR count). The number of nitrogens with zero attached hydrogens (tertiary/aromatic N) is 2. The molecule has 15 heteroatoms. The smallest absolute Gasteiger partial charge is 0.408 e. The summed E-state index contributed by atoms with van der Waals surface area (Å²) < 4.78 is 5.27. The second-order valence-electron chi connectivity index (χ2n) is 10.5. The number of Topliss-reactive ketones (excluding diaryl/α,β-unsaturated/α-hetero) is 1. The first-order valence-electron chi connectivity index (χ1n) is 14.8. The predicted molar refractivity (Wildman–Crippen MR) is 167 cm³/mol. The van der Waals surface area contributed by atoms with E-state index in [1.807, 2.05) is 6.07 Å². The Balaban J connectivity index is 3.07. The van der Waals surface area contributed by atoms with Gasteiger partial charge in [-0.3, -0.25) is 24.2 Å². The molecule has 11 N–H and O–H groups in total. The van der Waals surface area contributed by atoms with Gasteiger partial charge < -0.3 is 48.5 Å². The fourth-order valence-electron chi connectivity index (χ4n) is 4.16. The van der Waals surface area contributed by atoms with E-state index in [4.69, 9.17) is 27.7 Å². The minimum Gasteiger partial charge on any atom is -0.445 e. The van der Waals surface area contributed by atoms with Crippen LogP contribution in [0.4, 0.5) is 4.79 Å². The molecule has 1 aromatic carbocycles. The highest BCUT2D eigenvalue weighted by atomic mass is 16.5. The molecule has 0 fully saturated rings. The molecular formula is C29H49N9O6. The minimum atomic E-state index is -1.28. The number of unbranched alkanes of at least 4 members (excludes halogenated alkanes) is 2. The molecule has 0 bridgehead atoms. The lowest BCUT2D eigenvalue weighted by Crippen LogP contribution is -2.56. The molecule has 0 aliphatic carbocycles. The summed E-state index contributed by atoms with van der Waals surface area (Å²) in [7, 11) is 3.09. The second kappa shape index (κ2) is 21.4. The summed E-state index contributed by atoms with van der Waals surface area (Å²) in [5.41, 5.74) is 22.7. The Morgan fingerprint density at radius 2 is 1.39 bits per heavy atom. The third-order valence-electron chi connectivity index (χ3n) is 6.56. The average molecular weight is 620 g/mol. The highest BCUT2D eigenvalue weighted by Crippen LogP contribution is 2.08. The molecule has 3 unspecified atom stereocenters. The summed E-state index contributed by atoms with van der Waals surface area (Å²) in [4.78, 5) is 70.3. The number of hydrogen-bond donors (Lipinski definition) is 7. The summed E-state index contributed by atoms with van der Waals surface area (Å²) in [5, 5.41) is 7.66. The Hall–Kier alpha value is -4.24. The number of alkyl carbamates (subject to hydrolysis) is 1. The zero-order valence-electron chi connectivity index (χ0n) is 25.8. The number of rotatable bonds is 21. The topological polar surface area (TPSA) is 250 Å². The molecule has 4 amide bonds. The van der Waals surface area contributed by atoms with Gasteiger partial charge in [0.05, 0.1) is 6.04 Å². The van der Waals surface area contributed by atoms with Gasteiger partial charge in [-0.05, 0) is 70.0 Å². The molecule has 0 aliphatic heterocycles. The lowest BCUT2D eigenvalue weighted by molar-refractivity contribution is -0.142. The summed E-state index contributed by atoms with van der Waals surface area (Å²) in [6.45, 7) is 0.944. The van der Waals surface area contributed by atoms with Crippen LogP contribution in [0.2, 0.25) is 0 Å². The summed E-state index contributed by atoms with van der Waals surface area (Å²) >= 11 is 0. The van der Waals surface area contributed by atoms with Crippen molar-refractivity contribution in [2.24, 2.45) is 27.9 Å². The Morgan fingerprint density at radius 1 is 0.795 bits per heavy atom. The maximum Gasteiger partial charge on any atom is 0.408 e. The van der Waals surface area contributed by atoms with Crippen molar-refractivity contribution in [3.63, 3.8) is 0 Å². The van der Waals surface area contributed by atoms with Gasteiger partial charge in [0.2, 0.25) is 17.6 Å². The highest BCUT2D eigenvalue weighted by molar-refractivity contribution is 6.38. The normalized spacial score (nSPS) is 12.6. The number of aliphatic imine (C=N–C) groups is 1. The van der Waals surface area contributed by atoms with Crippen molar-refractivity contribution in [1.82, 2.24) is 20.9 Å². The van der Waals surface area contributed by atoms with Crippen LogP contribution in [0.15, 0.2) is 35.3 Å². The zero-order chi connectivity index (χ0) is 32.9. The van der Waals surface area contributed by atoms with Crippen molar-refractivity contribution in [3.05, 3.63) is 35.9 Å². The maximum atomic E-state index is 13.4. The lowest BCUT2D eigenvalue weighted by Gasteiger charge is -2.24. The van der Waals surface area contributed by atoms with Gasteiger partial charge in [-0.15, -0.1) is 0 Å². The van der Waals surface area contributed by atoms with E-state index in [2.05, 4.69) is 20.9 Å². The number of benzene rings is 1. The molecule has 44 heavy (non-hydrogen) atoms. The van der Waals surface area contributed by atoms with Crippen LogP contribution in [-0.4, -0.2) is 92.3 Å². The van der Waals surface area contributed by atoms with Crippen LogP contribution in [0.3, 0.4) is 0 Å². The van der Waals surface area contributed by atoms with Gasteiger partial charge in [0.15, 0.2) is 5.96 Å². The number of ketones is 1. The fourth-order valence-corrected chi connectivity index (χ4v) is 4.16. The first kappa shape index (κ1) is 37.8. The molecule has 3 atom stereocenters. The van der Waals surface area contributed by atoms with Crippen LogP contribution in [0.1, 0.15) is 56.9 Å². The maximum absolute atomic E-state index is 13.4. The van der Waals surface area contributed by atoms with Crippen LogP contribution in [-0.2, 0) is 30.5 Å². The third-order valence-corrected chi connectivity index (χ3v) is 6.56. The van der Waals surface area contributed by atoms with E-state index >= 15 is 0 Å². The van der Waals surface area contributed by atoms with Gasteiger partial charge in [0, 0.05) is 20.6 Å². The quantitative estimate of drug-likeness (QED) is 0.0391. The van der Waals surface area contributed by atoms with Crippen molar-refractivity contribution in [2.75, 3.05) is 33.7 Å². The molecule has 0 aromatic heterocycles. The van der Waals surface area contributed by atoms with E-state index in [1.54, 1.807) is 38.4 Å². The first-order valence-corrected chi connectivity index (χ1v) is 14.8. The van der Waals surface area contributed by atoms with Crippen molar-refractivity contribution in [2.45, 2.75) is 76.1 Å². The van der Waals surface area contributed by atoms with E-state index in [1.165, 1.54) is 4.90 Å². The number of amides is 4. The monoisotopic (exact) mass is 619 g/mol. The molecule has 1 aromatic rings. The average Bonchev–Trinajstić information content (AvgIpc) is 3.00. The van der Waals surface area contributed by atoms with E-state index in [0.29, 0.717) is 38.8 Å². The van der Waals surface area contributed by atoms with Gasteiger partial charge in [0.1, 0.15) is 18.7 Å². The van der Waals surface area contributed by atoms with Crippen molar-refractivity contribution < 1.29 is 28.7 Å². The summed E-state index contributed by atoms with van der Waals surface area (Å²) in [6.07, 6.45) is 2.25. The summed E-state index contributed by atoms with van der Waals surface area (Å²) in [5.74, 6) is -3.19. The van der Waals surface area contributed by atoms with Gasteiger partial charge in [-0.1, -0.05) is 30.3 Å². The Bertz CT molecular complexity index is 1080. The highest BCUT2D eigenvalue weighted by Gasteiger charge is 2.32. The van der Waals surface area contributed by atoms with Gasteiger partial charge in [-0.25, -0.2) is 4.79 Å². The number of ether oxygens (including phenoxy) is 1. The van der Waals surface area contributed by atoms with Crippen LogP contribution < -0.4 is 38.9 Å². The molecule has 246 valence electrons. The number of likely N-dealkylation sites (N-methyl/N-ethyl adjacent to an activating group) is 1. The van der Waals surface area contributed by atoms with Gasteiger partial charge >= 0.3 is 6.09 Å². The molecule has 0 radical (unpaired) electrons. The molecule has 0 saturated heterocycles. The van der Waals surface area contributed by atoms with E-state index in [-0.39, 0.29) is 50.7 Å². The zero-order valence-corrected chi connectivity index (χ0v) is 25.8. The van der Waals surface area contributed by atoms with Crippen LogP contribution in [0.5, 0.6) is 0 Å². The Morgan fingerprint density at radius 3 is 1.95 bits per heavy atom. The predicted octanol–water partition coefficient (Wildman–Crippen LogP) is -0.780. The standard InChI is InChI=1S/C29H49N9O6/c1-38(2)27(42)23(14-7-9-17-31)36-26(41)24(39)21(15-10-18-34-28(32)33)35-25(40)22(13-6-8-16-30)37-29(43)44-19-20-11-4-3-5-12-20/h3-5,11-12,21-23H,6-10,13-19,30-31H2,1-2H3,(H,35,40)(H,36,41)(H,37,43)(H4,32,33,34). The molecule has 0 spiro atoms. The largest absolute Gasteiger partial charge is 0.445 e. The number of nitrogens with one attached hydrogen (secondary N) is 3. The van der Waals surface area contributed by atoms with E-state index in [9.17, 15) is 24.0 Å². The molecule has 0 saturated carbocycles. The van der Waals surface area contributed by atoms with Crippen LogP contribution in [0, 0.1) is 0 Å². The number of carbonyl (C=O) groups is 5. The summed E-state index contributed by atoms with van der Waals surface area (Å²) in [6, 6.07) is 5.72. The molecule has 0 aliphatic rings. The Labute approximate surface area is 258 Å². The van der Waals surface area contributed by atoms with Crippen LogP contribution in [0.25, 0.3) is 0 Å². The molecular weight excluding hydrogens is 570 g/mol. The Kier molecular flexibility index (Phi) is 18.4. The minimum absolute atomic E-state index is 0.00595. The number of guanidine groups is 1. The fraction of sp³-hybridized carbons (Fsp3) is 0.586. The first-order chi connectivity index (χ1) is 21.0. The van der Waals surface area contributed by atoms with E-state index < -0.39 is 41.8 Å². The van der Waals surface area contributed by atoms with Crippen molar-refractivity contribution >= 4 is 35.6 Å². The third kappa shape index (κ3) is 15.3. The van der Waals surface area contributed by atoms with Gasteiger partial charge in [-0.2, -0.15) is 0 Å². The molecule has 15 nitrogen and oxygen atoms in total. The number of hydrogen-bond acceptors (Lipinski definition) is 9. The SMILES string of the molecule is CN(C)C(=O)C(CCCCN)NC(=O)C(=O)C(CCCN=C(N)N)NC(=O)C(CCCCN)NC(=O)OCc1ccccc1.